The first-order chi connectivity index (χ1) is 8.81. The molecule has 1 aromatic rings. The fraction of sp³-hybridized carbons (Fsp3) is 0.571. The SMILES string of the molecule is COc1ccc2c(c1)CC(O)(CCS(C)(=O)=O)CC2. The molecule has 1 aliphatic rings. The second kappa shape index (κ2) is 5.13. The number of hydrogen-bond donors (Lipinski definition) is 1. The standard InChI is InChI=1S/C14H20O4S/c1-18-13-4-3-11-5-6-14(15,10-12(11)9-13)7-8-19(2,16)17/h3-4,9,15H,5-8,10H2,1-2H3. The summed E-state index contributed by atoms with van der Waals surface area (Å²) in [6, 6.07) is 5.87. The van der Waals surface area contributed by atoms with Gasteiger partial charge >= 0.3 is 0 Å². The molecule has 0 aromatic heterocycles. The number of aryl methyl sites for hydroxylation is 1. The molecule has 0 spiro atoms. The molecule has 0 aliphatic heterocycles. The van der Waals surface area contributed by atoms with E-state index in [-0.39, 0.29) is 5.75 Å². The van der Waals surface area contributed by atoms with Crippen molar-refractivity contribution in [1.29, 1.82) is 0 Å². The number of fused-ring (bicyclic) bond motifs is 1. The Balaban J connectivity index is 2.15. The Kier molecular flexibility index (Phi) is 3.87. The lowest BCUT2D eigenvalue weighted by Crippen LogP contribution is -2.37. The molecule has 19 heavy (non-hydrogen) atoms. The van der Waals surface area contributed by atoms with E-state index in [1.807, 2.05) is 18.2 Å². The van der Waals surface area contributed by atoms with Gasteiger partial charge in [-0.1, -0.05) is 6.07 Å². The van der Waals surface area contributed by atoms with Crippen molar-refractivity contribution in [2.45, 2.75) is 31.3 Å². The summed E-state index contributed by atoms with van der Waals surface area (Å²) >= 11 is 0. The van der Waals surface area contributed by atoms with Crippen LogP contribution in [0.2, 0.25) is 0 Å². The van der Waals surface area contributed by atoms with Gasteiger partial charge in [0.25, 0.3) is 0 Å². The normalized spacial score (nSPS) is 22.9. The number of sulfone groups is 1. The van der Waals surface area contributed by atoms with Crippen LogP contribution in [-0.4, -0.2) is 38.2 Å². The van der Waals surface area contributed by atoms with E-state index >= 15 is 0 Å². The van der Waals surface area contributed by atoms with E-state index in [1.165, 1.54) is 11.8 Å². The van der Waals surface area contributed by atoms with E-state index in [9.17, 15) is 13.5 Å². The van der Waals surface area contributed by atoms with Gasteiger partial charge in [-0.25, -0.2) is 8.42 Å². The highest BCUT2D eigenvalue weighted by Gasteiger charge is 2.32. The molecule has 0 radical (unpaired) electrons. The third-order valence-electron chi connectivity index (χ3n) is 3.73. The third-order valence-corrected chi connectivity index (χ3v) is 4.68. The van der Waals surface area contributed by atoms with Gasteiger partial charge in [-0.2, -0.15) is 0 Å². The van der Waals surface area contributed by atoms with Gasteiger partial charge in [0.05, 0.1) is 18.5 Å². The third kappa shape index (κ3) is 3.70. The van der Waals surface area contributed by atoms with Gasteiger partial charge in [-0.15, -0.1) is 0 Å². The van der Waals surface area contributed by atoms with Gasteiger partial charge in [0, 0.05) is 12.7 Å². The Hall–Kier alpha value is -1.07. The van der Waals surface area contributed by atoms with E-state index in [4.69, 9.17) is 4.74 Å². The number of aliphatic hydroxyl groups is 1. The van der Waals surface area contributed by atoms with E-state index in [0.717, 1.165) is 17.7 Å². The summed E-state index contributed by atoms with van der Waals surface area (Å²) in [7, 11) is -1.42. The van der Waals surface area contributed by atoms with Crippen LogP contribution in [0, 0.1) is 0 Å². The van der Waals surface area contributed by atoms with Crippen LogP contribution in [0.3, 0.4) is 0 Å². The zero-order chi connectivity index (χ0) is 14.1. The Bertz CT molecular complexity index is 565. The summed E-state index contributed by atoms with van der Waals surface area (Å²) in [6.07, 6.45) is 3.38. The second-order valence-electron chi connectivity index (χ2n) is 5.42. The molecule has 1 aliphatic carbocycles. The van der Waals surface area contributed by atoms with E-state index in [2.05, 4.69) is 0 Å². The lowest BCUT2D eigenvalue weighted by molar-refractivity contribution is 0.0233. The number of methoxy groups -OCH3 is 1. The van der Waals surface area contributed by atoms with E-state index in [0.29, 0.717) is 19.3 Å². The molecule has 1 aromatic carbocycles. The first-order valence-electron chi connectivity index (χ1n) is 6.37. The van der Waals surface area contributed by atoms with Crippen molar-refractivity contribution in [3.63, 3.8) is 0 Å². The number of rotatable bonds is 4. The summed E-state index contributed by atoms with van der Waals surface area (Å²) in [5, 5.41) is 10.5. The highest BCUT2D eigenvalue weighted by molar-refractivity contribution is 7.90. The monoisotopic (exact) mass is 284 g/mol. The summed E-state index contributed by atoms with van der Waals surface area (Å²) in [4.78, 5) is 0. The lowest BCUT2D eigenvalue weighted by Gasteiger charge is -2.33. The molecule has 4 nitrogen and oxygen atoms in total. The van der Waals surface area contributed by atoms with Gasteiger partial charge in [-0.05, 0) is 42.5 Å². The lowest BCUT2D eigenvalue weighted by atomic mass is 9.79. The summed E-state index contributed by atoms with van der Waals surface area (Å²) in [5.41, 5.74) is 1.36. The van der Waals surface area contributed by atoms with E-state index < -0.39 is 15.4 Å². The van der Waals surface area contributed by atoms with Gasteiger partial charge in [-0.3, -0.25) is 0 Å². The molecule has 106 valence electrons. The van der Waals surface area contributed by atoms with Crippen LogP contribution in [0.4, 0.5) is 0 Å². The first-order valence-corrected chi connectivity index (χ1v) is 8.43. The highest BCUT2D eigenvalue weighted by Crippen LogP contribution is 2.33. The molecule has 0 heterocycles. The smallest absolute Gasteiger partial charge is 0.147 e. The second-order valence-corrected chi connectivity index (χ2v) is 7.68. The zero-order valence-corrected chi connectivity index (χ0v) is 12.2. The Labute approximate surface area is 114 Å². The molecule has 0 saturated carbocycles. The van der Waals surface area contributed by atoms with E-state index in [1.54, 1.807) is 7.11 Å². The summed E-state index contributed by atoms with van der Waals surface area (Å²) < 4.78 is 27.6. The van der Waals surface area contributed by atoms with Crippen molar-refractivity contribution in [1.82, 2.24) is 0 Å². The van der Waals surface area contributed by atoms with Crippen LogP contribution < -0.4 is 4.74 Å². The topological polar surface area (TPSA) is 63.6 Å². The van der Waals surface area contributed by atoms with Gasteiger partial charge in [0.2, 0.25) is 0 Å². The zero-order valence-electron chi connectivity index (χ0n) is 11.3. The van der Waals surface area contributed by atoms with Crippen LogP contribution in [0.15, 0.2) is 18.2 Å². The average molecular weight is 284 g/mol. The molecule has 0 saturated heterocycles. The van der Waals surface area contributed by atoms with Crippen LogP contribution in [-0.2, 0) is 22.7 Å². The largest absolute Gasteiger partial charge is 0.497 e. The Morgan fingerprint density at radius 2 is 2.11 bits per heavy atom. The number of ether oxygens (including phenoxy) is 1. The predicted octanol–water partition coefficient (Wildman–Crippen LogP) is 1.35. The van der Waals surface area contributed by atoms with Crippen molar-refractivity contribution >= 4 is 9.84 Å². The number of hydrogen-bond acceptors (Lipinski definition) is 4. The highest BCUT2D eigenvalue weighted by atomic mass is 32.2. The van der Waals surface area contributed by atoms with Crippen molar-refractivity contribution in [3.05, 3.63) is 29.3 Å². The van der Waals surface area contributed by atoms with Crippen molar-refractivity contribution < 1.29 is 18.3 Å². The van der Waals surface area contributed by atoms with Crippen LogP contribution >= 0.6 is 0 Å². The molecule has 1 N–H and O–H groups in total. The molecule has 0 amide bonds. The fourth-order valence-corrected chi connectivity index (χ4v) is 3.29. The van der Waals surface area contributed by atoms with Gasteiger partial charge < -0.3 is 9.84 Å². The van der Waals surface area contributed by atoms with Gasteiger partial charge in [0.1, 0.15) is 15.6 Å². The summed E-state index contributed by atoms with van der Waals surface area (Å²) in [5.74, 6) is 0.800. The molecular weight excluding hydrogens is 264 g/mol. The molecule has 0 fully saturated rings. The minimum absolute atomic E-state index is 0.0306. The average Bonchev–Trinajstić information content (AvgIpc) is 2.35. The van der Waals surface area contributed by atoms with Gasteiger partial charge in [0.15, 0.2) is 0 Å². The van der Waals surface area contributed by atoms with Crippen molar-refractivity contribution in [2.24, 2.45) is 0 Å². The van der Waals surface area contributed by atoms with Crippen molar-refractivity contribution in [3.8, 4) is 5.75 Å². The van der Waals surface area contributed by atoms with Crippen LogP contribution in [0.5, 0.6) is 5.75 Å². The number of benzene rings is 1. The minimum atomic E-state index is -3.04. The predicted molar refractivity (Wildman–Crippen MR) is 74.3 cm³/mol. The molecule has 1 atom stereocenters. The molecule has 1 unspecified atom stereocenters. The molecule has 0 bridgehead atoms. The van der Waals surface area contributed by atoms with Crippen LogP contribution in [0.25, 0.3) is 0 Å². The minimum Gasteiger partial charge on any atom is -0.497 e. The fourth-order valence-electron chi connectivity index (χ4n) is 2.54. The Morgan fingerprint density at radius 3 is 2.74 bits per heavy atom. The quantitative estimate of drug-likeness (QED) is 0.906. The summed E-state index contributed by atoms with van der Waals surface area (Å²) in [6.45, 7) is 0. The maximum Gasteiger partial charge on any atom is 0.147 e. The van der Waals surface area contributed by atoms with Crippen molar-refractivity contribution in [2.75, 3.05) is 19.1 Å². The van der Waals surface area contributed by atoms with Crippen LogP contribution in [0.1, 0.15) is 24.0 Å². The maximum absolute atomic E-state index is 11.2. The molecule has 2 rings (SSSR count). The molecular formula is C14H20O4S. The maximum atomic E-state index is 11.2. The Morgan fingerprint density at radius 1 is 1.37 bits per heavy atom. The first kappa shape index (κ1) is 14.3. The molecule has 5 heteroatoms.